The van der Waals surface area contributed by atoms with Crippen molar-refractivity contribution in [3.05, 3.63) is 87.9 Å². The van der Waals surface area contributed by atoms with Crippen LogP contribution in [0.4, 0.5) is 5.69 Å². The second-order valence-corrected chi connectivity index (χ2v) is 14.8. The highest BCUT2D eigenvalue weighted by Crippen LogP contribution is 2.55. The van der Waals surface area contributed by atoms with E-state index in [1.54, 1.807) is 26.2 Å². The Labute approximate surface area is 281 Å². The summed E-state index contributed by atoms with van der Waals surface area (Å²) in [5.74, 6) is -0.533. The number of sulfonamides is 1. The molecule has 12 heteroatoms. The van der Waals surface area contributed by atoms with Crippen LogP contribution in [0.1, 0.15) is 60.9 Å². The molecule has 6 rings (SSSR count). The highest BCUT2D eigenvalue weighted by Gasteiger charge is 2.63. The lowest BCUT2D eigenvalue weighted by atomic mass is 9.80. The van der Waals surface area contributed by atoms with E-state index in [0.29, 0.717) is 41.3 Å². The number of nitriles is 1. The topological polar surface area (TPSA) is 114 Å². The second-order valence-electron chi connectivity index (χ2n) is 12.5. The Kier molecular flexibility index (Phi) is 8.82. The van der Waals surface area contributed by atoms with Crippen molar-refractivity contribution in [2.24, 2.45) is 0 Å². The van der Waals surface area contributed by atoms with E-state index in [2.05, 4.69) is 11.8 Å². The van der Waals surface area contributed by atoms with E-state index in [0.717, 1.165) is 35.8 Å². The molecule has 0 aliphatic carbocycles. The van der Waals surface area contributed by atoms with E-state index in [4.69, 9.17) is 16.3 Å². The summed E-state index contributed by atoms with van der Waals surface area (Å²) in [6, 6.07) is 17.3. The van der Waals surface area contributed by atoms with Crippen LogP contribution in [0.25, 0.3) is 0 Å². The fraction of sp³-hybridized carbons (Fsp3) is 0.400. The molecule has 2 fully saturated rings. The number of fused-ring (bicyclic) bond motifs is 1. The van der Waals surface area contributed by atoms with Crippen molar-refractivity contribution in [2.75, 3.05) is 45.1 Å². The molecule has 2 saturated heterocycles. The number of methoxy groups -OCH3 is 1. The Morgan fingerprint density at radius 3 is 2.36 bits per heavy atom. The fourth-order valence-electron chi connectivity index (χ4n) is 7.41. The van der Waals surface area contributed by atoms with Crippen LogP contribution in [-0.4, -0.2) is 81.8 Å². The molecule has 246 valence electrons. The summed E-state index contributed by atoms with van der Waals surface area (Å²) in [5, 5.41) is 9.61. The van der Waals surface area contributed by atoms with E-state index in [1.807, 2.05) is 29.2 Å². The van der Waals surface area contributed by atoms with E-state index in [-0.39, 0.29) is 28.1 Å². The molecule has 3 aromatic carbocycles. The van der Waals surface area contributed by atoms with Gasteiger partial charge in [-0.1, -0.05) is 23.7 Å². The molecule has 0 spiro atoms. The SMILES string of the molecule is COc1cc(C(C)N2CCCC2)ccc1C1(N2CCC[C@H]2C(=O)N(C)C)C(=O)N(S(=O)(=O)c2ccc(C#N)cc2)c2ccc(Cl)cc21. The van der Waals surface area contributed by atoms with Gasteiger partial charge in [0.25, 0.3) is 15.9 Å². The molecule has 0 bridgehead atoms. The lowest BCUT2D eigenvalue weighted by molar-refractivity contribution is -0.138. The average Bonchev–Trinajstić information content (AvgIpc) is 3.83. The number of amides is 2. The van der Waals surface area contributed by atoms with Gasteiger partial charge < -0.3 is 9.64 Å². The monoisotopic (exact) mass is 675 g/mol. The minimum absolute atomic E-state index is 0.0977. The number of hydrogen-bond acceptors (Lipinski definition) is 8. The number of carbonyl (C=O) groups is 2. The van der Waals surface area contributed by atoms with Gasteiger partial charge in [0.2, 0.25) is 5.91 Å². The molecule has 2 unspecified atom stereocenters. The first-order valence-corrected chi connectivity index (χ1v) is 17.6. The van der Waals surface area contributed by atoms with Crippen molar-refractivity contribution in [3.8, 4) is 11.8 Å². The summed E-state index contributed by atoms with van der Waals surface area (Å²) < 4.78 is 35.8. The van der Waals surface area contributed by atoms with Crippen molar-refractivity contribution < 1.29 is 22.7 Å². The zero-order valence-corrected chi connectivity index (χ0v) is 28.5. The number of benzene rings is 3. The standard InChI is InChI=1S/C35H38ClN5O5S/c1-23(39-17-5-6-18-39)25-11-15-28(32(20-25)46-4)35(40-19-7-8-31(40)33(42)38(2)3)29-21-26(36)12-16-30(29)41(34(35)43)47(44,45)27-13-9-24(22-37)10-14-27/h9-16,20-21,23,31H,5-8,17-19H2,1-4H3/t23?,31-,35?/m0/s1. The van der Waals surface area contributed by atoms with E-state index >= 15 is 4.79 Å². The summed E-state index contributed by atoms with van der Waals surface area (Å²) in [6.45, 7) is 4.47. The Bertz CT molecular complexity index is 1870. The Balaban J connectivity index is 1.62. The van der Waals surface area contributed by atoms with Gasteiger partial charge in [0.1, 0.15) is 5.75 Å². The van der Waals surface area contributed by atoms with Crippen LogP contribution in [0.5, 0.6) is 5.75 Å². The highest BCUT2D eigenvalue weighted by atomic mass is 35.5. The largest absolute Gasteiger partial charge is 0.496 e. The quantitative estimate of drug-likeness (QED) is 0.331. The average molecular weight is 676 g/mol. The van der Waals surface area contributed by atoms with Gasteiger partial charge in [-0.3, -0.25) is 19.4 Å². The first-order chi connectivity index (χ1) is 22.5. The first kappa shape index (κ1) is 33.0. The molecule has 2 amide bonds. The van der Waals surface area contributed by atoms with Gasteiger partial charge in [0, 0.05) is 42.8 Å². The summed E-state index contributed by atoms with van der Waals surface area (Å²) in [5.41, 5.74) is 0.444. The van der Waals surface area contributed by atoms with Crippen LogP contribution in [0.15, 0.2) is 65.6 Å². The van der Waals surface area contributed by atoms with Gasteiger partial charge in [-0.05, 0) is 99.8 Å². The Hall–Kier alpha value is -3.95. The molecule has 3 heterocycles. The van der Waals surface area contributed by atoms with Crippen molar-refractivity contribution in [1.29, 1.82) is 5.26 Å². The molecule has 3 aromatic rings. The van der Waals surface area contributed by atoms with Gasteiger partial charge in [0.15, 0.2) is 5.54 Å². The van der Waals surface area contributed by atoms with Crippen LogP contribution >= 0.6 is 11.6 Å². The summed E-state index contributed by atoms with van der Waals surface area (Å²) in [7, 11) is 0.383. The molecule has 3 atom stereocenters. The van der Waals surface area contributed by atoms with E-state index < -0.39 is 27.5 Å². The number of rotatable bonds is 8. The van der Waals surface area contributed by atoms with Gasteiger partial charge in [-0.25, -0.2) is 12.7 Å². The number of halogens is 1. The Morgan fingerprint density at radius 2 is 1.72 bits per heavy atom. The van der Waals surface area contributed by atoms with Crippen LogP contribution in [-0.2, 0) is 25.2 Å². The maximum Gasteiger partial charge on any atom is 0.271 e. The van der Waals surface area contributed by atoms with Crippen LogP contribution in [0, 0.1) is 11.3 Å². The second kappa shape index (κ2) is 12.6. The Morgan fingerprint density at radius 1 is 1.02 bits per heavy atom. The number of hydrogen-bond donors (Lipinski definition) is 0. The fourth-order valence-corrected chi connectivity index (χ4v) is 9.05. The molecule has 3 aliphatic heterocycles. The van der Waals surface area contributed by atoms with Gasteiger partial charge in [-0.15, -0.1) is 0 Å². The maximum absolute atomic E-state index is 15.4. The van der Waals surface area contributed by atoms with Crippen LogP contribution in [0.2, 0.25) is 5.02 Å². The van der Waals surface area contributed by atoms with Gasteiger partial charge in [0.05, 0.1) is 35.4 Å². The number of likely N-dealkylation sites (tertiary alicyclic amines) is 2. The first-order valence-electron chi connectivity index (χ1n) is 15.8. The minimum atomic E-state index is -4.49. The maximum atomic E-state index is 15.4. The predicted octanol–water partition coefficient (Wildman–Crippen LogP) is 4.91. The van der Waals surface area contributed by atoms with E-state index in [1.165, 1.54) is 42.3 Å². The number of ether oxygens (including phenoxy) is 1. The third-order valence-corrected chi connectivity index (χ3v) is 11.7. The third kappa shape index (κ3) is 5.28. The number of anilines is 1. The van der Waals surface area contributed by atoms with E-state index in [9.17, 15) is 18.5 Å². The minimum Gasteiger partial charge on any atom is -0.496 e. The summed E-state index contributed by atoms with van der Waals surface area (Å²) in [4.78, 5) is 34.7. The summed E-state index contributed by atoms with van der Waals surface area (Å²) >= 11 is 6.63. The molecule has 0 radical (unpaired) electrons. The zero-order valence-electron chi connectivity index (χ0n) is 26.9. The van der Waals surface area contributed by atoms with Crippen molar-refractivity contribution in [1.82, 2.24) is 14.7 Å². The highest BCUT2D eigenvalue weighted by molar-refractivity contribution is 7.93. The van der Waals surface area contributed by atoms with Gasteiger partial charge in [-0.2, -0.15) is 5.26 Å². The lowest BCUT2D eigenvalue weighted by Gasteiger charge is -2.42. The number of carbonyl (C=O) groups excluding carboxylic acids is 2. The summed E-state index contributed by atoms with van der Waals surface area (Å²) in [6.07, 6.45) is 3.36. The lowest BCUT2D eigenvalue weighted by Crippen LogP contribution is -2.59. The third-order valence-electron chi connectivity index (χ3n) is 9.78. The molecular weight excluding hydrogens is 638 g/mol. The zero-order chi connectivity index (χ0) is 33.7. The molecular formula is C35H38ClN5O5S. The van der Waals surface area contributed by atoms with Crippen LogP contribution < -0.4 is 9.04 Å². The molecule has 0 saturated carbocycles. The smallest absolute Gasteiger partial charge is 0.271 e. The van der Waals surface area contributed by atoms with Crippen molar-refractivity contribution in [2.45, 2.75) is 55.1 Å². The van der Waals surface area contributed by atoms with Crippen molar-refractivity contribution >= 4 is 39.1 Å². The van der Waals surface area contributed by atoms with Crippen molar-refractivity contribution in [3.63, 3.8) is 0 Å². The molecule has 0 N–H and O–H groups in total. The normalized spacial score (nSPS) is 22.3. The predicted molar refractivity (Wildman–Crippen MR) is 179 cm³/mol. The van der Waals surface area contributed by atoms with Gasteiger partial charge >= 0.3 is 0 Å². The molecule has 0 aromatic heterocycles. The number of nitrogens with zero attached hydrogens (tertiary/aromatic N) is 5. The number of likely N-dealkylation sites (N-methyl/N-ethyl adjacent to an activating group) is 1. The molecule has 47 heavy (non-hydrogen) atoms. The molecule has 10 nitrogen and oxygen atoms in total. The van der Waals surface area contributed by atoms with Crippen LogP contribution in [0.3, 0.4) is 0 Å². The molecule has 3 aliphatic rings.